The summed E-state index contributed by atoms with van der Waals surface area (Å²) < 4.78 is 5.46. The van der Waals surface area contributed by atoms with Crippen molar-refractivity contribution in [2.75, 3.05) is 13.2 Å². The van der Waals surface area contributed by atoms with Gasteiger partial charge in [-0.25, -0.2) is 0 Å². The molecule has 0 aliphatic rings. The Balaban J connectivity index is 2.80. The quantitative estimate of drug-likeness (QED) is 0.852. The van der Waals surface area contributed by atoms with Crippen LogP contribution in [-0.2, 0) is 6.54 Å². The van der Waals surface area contributed by atoms with E-state index in [0.29, 0.717) is 11.6 Å². The van der Waals surface area contributed by atoms with Crippen molar-refractivity contribution in [1.29, 1.82) is 0 Å². The van der Waals surface area contributed by atoms with Crippen LogP contribution >= 0.6 is 11.6 Å². The van der Waals surface area contributed by atoms with Crippen LogP contribution < -0.4 is 10.1 Å². The molecule has 0 amide bonds. The van der Waals surface area contributed by atoms with Crippen LogP contribution in [0.1, 0.15) is 26.3 Å². The van der Waals surface area contributed by atoms with Crippen LogP contribution in [0.4, 0.5) is 0 Å². The number of rotatable bonds is 5. The van der Waals surface area contributed by atoms with E-state index in [1.165, 1.54) is 0 Å². The molecule has 0 saturated carbocycles. The second-order valence-electron chi connectivity index (χ2n) is 4.89. The van der Waals surface area contributed by atoms with Crippen molar-refractivity contribution in [2.24, 2.45) is 0 Å². The molecule has 0 spiro atoms. The fraction of sp³-hybridized carbons (Fsp3) is 0.538. The average Bonchev–Trinajstić information content (AvgIpc) is 2.23. The molecule has 0 atom stereocenters. The number of benzene rings is 1. The number of hydrogen-bond donors (Lipinski definition) is 2. The van der Waals surface area contributed by atoms with Crippen LogP contribution in [0.5, 0.6) is 5.75 Å². The molecular weight excluding hydrogens is 238 g/mol. The maximum absolute atomic E-state index is 8.77. The molecular formula is C13H20ClNO2. The lowest BCUT2D eigenvalue weighted by Gasteiger charge is -2.22. The third-order valence-electron chi connectivity index (χ3n) is 2.22. The summed E-state index contributed by atoms with van der Waals surface area (Å²) in [4.78, 5) is 0. The van der Waals surface area contributed by atoms with Crippen molar-refractivity contribution in [3.05, 3.63) is 28.8 Å². The first kappa shape index (κ1) is 14.3. The van der Waals surface area contributed by atoms with Gasteiger partial charge in [0.25, 0.3) is 0 Å². The maximum atomic E-state index is 8.77. The van der Waals surface area contributed by atoms with Crippen molar-refractivity contribution >= 4 is 11.6 Å². The number of halogens is 1. The molecule has 0 heterocycles. The topological polar surface area (TPSA) is 41.5 Å². The van der Waals surface area contributed by atoms with E-state index in [4.69, 9.17) is 21.4 Å². The van der Waals surface area contributed by atoms with E-state index < -0.39 is 0 Å². The molecule has 1 rings (SSSR count). The molecule has 4 heteroatoms. The minimum atomic E-state index is -0.00134. The monoisotopic (exact) mass is 257 g/mol. The molecule has 0 radical (unpaired) electrons. The van der Waals surface area contributed by atoms with Crippen LogP contribution in [0, 0.1) is 0 Å². The summed E-state index contributed by atoms with van der Waals surface area (Å²) in [5.41, 5.74) is 0.950. The summed E-state index contributed by atoms with van der Waals surface area (Å²) in [6.07, 6.45) is 0. The van der Waals surface area contributed by atoms with Gasteiger partial charge in [-0.15, -0.1) is 0 Å². The number of nitrogens with one attached hydrogen (secondary N) is 1. The summed E-state index contributed by atoms with van der Waals surface area (Å²) in [6, 6.07) is 5.55. The second kappa shape index (κ2) is 6.24. The Labute approximate surface area is 108 Å². The van der Waals surface area contributed by atoms with E-state index in [9.17, 15) is 0 Å². The maximum Gasteiger partial charge on any atom is 0.125 e. The van der Waals surface area contributed by atoms with Gasteiger partial charge in [0.2, 0.25) is 0 Å². The third-order valence-corrected chi connectivity index (χ3v) is 2.57. The molecule has 1 aromatic rings. The average molecular weight is 258 g/mol. The van der Waals surface area contributed by atoms with Gasteiger partial charge >= 0.3 is 0 Å². The van der Waals surface area contributed by atoms with Crippen LogP contribution in [-0.4, -0.2) is 23.9 Å². The van der Waals surface area contributed by atoms with E-state index >= 15 is 0 Å². The number of aliphatic hydroxyl groups excluding tert-OH is 1. The van der Waals surface area contributed by atoms with Gasteiger partial charge in [0.15, 0.2) is 0 Å². The first-order valence-electron chi connectivity index (χ1n) is 5.70. The van der Waals surface area contributed by atoms with Gasteiger partial charge in [0.05, 0.1) is 6.61 Å². The number of hydrogen-bond acceptors (Lipinski definition) is 3. The van der Waals surface area contributed by atoms with Crippen molar-refractivity contribution in [3.63, 3.8) is 0 Å². The Morgan fingerprint density at radius 2 is 2.06 bits per heavy atom. The number of ether oxygens (including phenoxy) is 1. The van der Waals surface area contributed by atoms with E-state index in [0.717, 1.165) is 11.3 Å². The predicted molar refractivity (Wildman–Crippen MR) is 70.6 cm³/mol. The highest BCUT2D eigenvalue weighted by Crippen LogP contribution is 2.26. The number of aliphatic hydroxyl groups is 1. The van der Waals surface area contributed by atoms with E-state index in [2.05, 4.69) is 26.1 Å². The lowest BCUT2D eigenvalue weighted by molar-refractivity contribution is 0.200. The van der Waals surface area contributed by atoms with Gasteiger partial charge in [-0.3, -0.25) is 0 Å². The molecule has 1 aromatic carbocycles. The van der Waals surface area contributed by atoms with Crippen molar-refractivity contribution in [3.8, 4) is 5.75 Å². The molecule has 0 fully saturated rings. The van der Waals surface area contributed by atoms with Crippen molar-refractivity contribution in [2.45, 2.75) is 32.9 Å². The Morgan fingerprint density at radius 3 is 2.65 bits per heavy atom. The zero-order valence-electron chi connectivity index (χ0n) is 10.6. The minimum absolute atomic E-state index is 0.00134. The van der Waals surface area contributed by atoms with E-state index in [1.807, 2.05) is 18.2 Å². The van der Waals surface area contributed by atoms with Gasteiger partial charge < -0.3 is 15.2 Å². The predicted octanol–water partition coefficient (Wildman–Crippen LogP) is 2.60. The largest absolute Gasteiger partial charge is 0.491 e. The van der Waals surface area contributed by atoms with Gasteiger partial charge in [0.1, 0.15) is 12.4 Å². The first-order chi connectivity index (χ1) is 7.94. The minimum Gasteiger partial charge on any atom is -0.491 e. The molecule has 3 nitrogen and oxygen atoms in total. The van der Waals surface area contributed by atoms with Crippen LogP contribution in [0.3, 0.4) is 0 Å². The summed E-state index contributed by atoms with van der Waals surface area (Å²) in [5, 5.41) is 12.8. The summed E-state index contributed by atoms with van der Waals surface area (Å²) in [7, 11) is 0. The summed E-state index contributed by atoms with van der Waals surface area (Å²) >= 11 is 6.15. The third kappa shape index (κ3) is 4.94. The summed E-state index contributed by atoms with van der Waals surface area (Å²) in [6.45, 7) is 7.21. The highest BCUT2D eigenvalue weighted by molar-refractivity contribution is 6.31. The van der Waals surface area contributed by atoms with Crippen LogP contribution in [0.25, 0.3) is 0 Å². The van der Waals surface area contributed by atoms with Gasteiger partial charge in [-0.05, 0) is 32.9 Å². The van der Waals surface area contributed by atoms with Crippen LogP contribution in [0.15, 0.2) is 18.2 Å². The molecule has 17 heavy (non-hydrogen) atoms. The normalized spacial score (nSPS) is 11.6. The summed E-state index contributed by atoms with van der Waals surface area (Å²) in [5.74, 6) is 0.725. The highest BCUT2D eigenvalue weighted by atomic mass is 35.5. The first-order valence-corrected chi connectivity index (χ1v) is 6.08. The van der Waals surface area contributed by atoms with E-state index in [-0.39, 0.29) is 18.8 Å². The fourth-order valence-corrected chi connectivity index (χ4v) is 1.59. The SMILES string of the molecule is CC(C)(C)NCc1c(Cl)cccc1OCCO. The standard InChI is InChI=1S/C13H20ClNO2/c1-13(2,3)15-9-10-11(14)5-4-6-12(10)17-8-7-16/h4-6,15-16H,7-9H2,1-3H3. The molecule has 0 aliphatic carbocycles. The van der Waals surface area contributed by atoms with Gasteiger partial charge in [-0.2, -0.15) is 0 Å². The van der Waals surface area contributed by atoms with Crippen molar-refractivity contribution < 1.29 is 9.84 Å². The Kier molecular flexibility index (Phi) is 5.25. The molecule has 96 valence electrons. The molecule has 0 aromatic heterocycles. The molecule has 0 saturated heterocycles. The molecule has 2 N–H and O–H groups in total. The molecule has 0 unspecified atom stereocenters. The van der Waals surface area contributed by atoms with E-state index in [1.54, 1.807) is 0 Å². The lowest BCUT2D eigenvalue weighted by Crippen LogP contribution is -2.35. The zero-order valence-corrected chi connectivity index (χ0v) is 11.3. The van der Waals surface area contributed by atoms with Crippen LogP contribution in [0.2, 0.25) is 5.02 Å². The second-order valence-corrected chi connectivity index (χ2v) is 5.30. The Hall–Kier alpha value is -0.770. The van der Waals surface area contributed by atoms with Crippen molar-refractivity contribution in [1.82, 2.24) is 5.32 Å². The Bertz CT molecular complexity index is 361. The highest BCUT2D eigenvalue weighted by Gasteiger charge is 2.13. The zero-order chi connectivity index (χ0) is 12.9. The van der Waals surface area contributed by atoms with Gasteiger partial charge in [-0.1, -0.05) is 17.7 Å². The molecule has 0 aliphatic heterocycles. The molecule has 0 bridgehead atoms. The smallest absolute Gasteiger partial charge is 0.125 e. The van der Waals surface area contributed by atoms with Gasteiger partial charge in [0, 0.05) is 22.7 Å². The lowest BCUT2D eigenvalue weighted by atomic mass is 10.1. The Morgan fingerprint density at radius 1 is 1.35 bits per heavy atom. The fourth-order valence-electron chi connectivity index (χ4n) is 1.35.